The lowest BCUT2D eigenvalue weighted by Gasteiger charge is -2.11. The Balaban J connectivity index is 3.34. The molecule has 0 radical (unpaired) electrons. The van der Waals surface area contributed by atoms with Gasteiger partial charge in [0.2, 0.25) is 0 Å². The summed E-state index contributed by atoms with van der Waals surface area (Å²) in [6.45, 7) is 5.88. The maximum absolute atomic E-state index is 11.0. The van der Waals surface area contributed by atoms with Crippen molar-refractivity contribution in [3.63, 3.8) is 0 Å². The normalized spacial score (nSPS) is 11.0. The second-order valence-electron chi connectivity index (χ2n) is 2.90. The second kappa shape index (κ2) is 2.53. The van der Waals surface area contributed by atoms with Crippen LogP contribution in [0.3, 0.4) is 0 Å². The quantitative estimate of drug-likeness (QED) is 0.591. The zero-order valence-electron chi connectivity index (χ0n) is 7.33. The number of rotatable bonds is 1. The van der Waals surface area contributed by atoms with Crippen LogP contribution in [0.5, 0.6) is 0 Å². The van der Waals surface area contributed by atoms with Crippen molar-refractivity contribution in [2.24, 2.45) is 7.05 Å². The number of nitrogens with zero attached hydrogens (tertiary/aromatic N) is 3. The summed E-state index contributed by atoms with van der Waals surface area (Å²) in [6, 6.07) is 0.287. The van der Waals surface area contributed by atoms with Crippen molar-refractivity contribution in [1.82, 2.24) is 14.3 Å². The van der Waals surface area contributed by atoms with Crippen LogP contribution in [0.25, 0.3) is 0 Å². The van der Waals surface area contributed by atoms with Crippen molar-refractivity contribution < 1.29 is 0 Å². The van der Waals surface area contributed by atoms with E-state index in [9.17, 15) is 4.79 Å². The lowest BCUT2D eigenvalue weighted by atomic mass is 10.4. The predicted molar refractivity (Wildman–Crippen MR) is 42.6 cm³/mol. The first kappa shape index (κ1) is 8.04. The molecule has 0 saturated heterocycles. The summed E-state index contributed by atoms with van der Waals surface area (Å²) in [4.78, 5) is 14.8. The average molecular weight is 155 g/mol. The molecule has 62 valence electrons. The van der Waals surface area contributed by atoms with Gasteiger partial charge in [-0.25, -0.2) is 9.48 Å². The molecule has 0 aliphatic carbocycles. The molecule has 0 aliphatic rings. The molecule has 0 atom stereocenters. The molecule has 0 fully saturated rings. The van der Waals surface area contributed by atoms with E-state index < -0.39 is 0 Å². The van der Waals surface area contributed by atoms with E-state index in [1.54, 1.807) is 7.05 Å². The third-order valence-electron chi connectivity index (χ3n) is 1.68. The van der Waals surface area contributed by atoms with Crippen LogP contribution in [-0.4, -0.2) is 14.3 Å². The Morgan fingerprint density at radius 2 is 2.00 bits per heavy atom. The summed E-state index contributed by atoms with van der Waals surface area (Å²) in [5.74, 6) is 0.771. The molecule has 0 saturated carbocycles. The topological polar surface area (TPSA) is 39.8 Å². The first-order chi connectivity index (χ1) is 5.04. The van der Waals surface area contributed by atoms with Gasteiger partial charge >= 0.3 is 5.69 Å². The minimum atomic E-state index is -0.184. The smallest absolute Gasteiger partial charge is 0.266 e. The molecule has 0 bridgehead atoms. The fourth-order valence-corrected chi connectivity index (χ4v) is 1.29. The van der Waals surface area contributed by atoms with Gasteiger partial charge in [0.15, 0.2) is 0 Å². The van der Waals surface area contributed by atoms with Crippen molar-refractivity contribution in [3.05, 3.63) is 16.3 Å². The predicted octanol–water partition coefficient (Wildman–Crippen LogP) is 0.471. The molecule has 1 aromatic rings. The Kier molecular flexibility index (Phi) is 1.85. The van der Waals surface area contributed by atoms with E-state index in [0.29, 0.717) is 0 Å². The molecule has 1 rings (SSSR count). The van der Waals surface area contributed by atoms with E-state index >= 15 is 0 Å². The van der Waals surface area contributed by atoms with Crippen LogP contribution in [0.15, 0.2) is 4.79 Å². The van der Waals surface area contributed by atoms with Crippen LogP contribution in [0, 0.1) is 6.92 Å². The first-order valence-electron chi connectivity index (χ1n) is 3.66. The standard InChI is InChI=1S/C7H13N3O/c1-5(2)10-6(3)8-7(11)9(10)4/h5H,1-4H3. The molecule has 4 nitrogen and oxygen atoms in total. The number of aryl methyl sites for hydroxylation is 1. The first-order valence-corrected chi connectivity index (χ1v) is 3.66. The van der Waals surface area contributed by atoms with Crippen molar-refractivity contribution in [2.75, 3.05) is 0 Å². The van der Waals surface area contributed by atoms with Gasteiger partial charge in [0, 0.05) is 13.1 Å². The van der Waals surface area contributed by atoms with E-state index in [1.807, 2.05) is 25.5 Å². The lowest BCUT2D eigenvalue weighted by Crippen LogP contribution is -2.21. The third kappa shape index (κ3) is 1.20. The number of hydrogen-bond acceptors (Lipinski definition) is 2. The average Bonchev–Trinajstić information content (AvgIpc) is 2.07. The Hall–Kier alpha value is -1.06. The van der Waals surface area contributed by atoms with Gasteiger partial charge in [-0.15, -0.1) is 0 Å². The maximum atomic E-state index is 11.0. The summed E-state index contributed by atoms with van der Waals surface area (Å²) in [7, 11) is 1.72. The Morgan fingerprint density at radius 1 is 1.45 bits per heavy atom. The van der Waals surface area contributed by atoms with Gasteiger partial charge in [-0.05, 0) is 20.8 Å². The Labute approximate surface area is 65.5 Å². The molecule has 1 aromatic heterocycles. The highest BCUT2D eigenvalue weighted by molar-refractivity contribution is 4.83. The molecular formula is C7H13N3O. The van der Waals surface area contributed by atoms with Gasteiger partial charge in [-0.1, -0.05) is 0 Å². The van der Waals surface area contributed by atoms with Crippen LogP contribution < -0.4 is 5.69 Å². The van der Waals surface area contributed by atoms with Gasteiger partial charge in [0.1, 0.15) is 5.82 Å². The number of hydrogen-bond donors (Lipinski definition) is 0. The van der Waals surface area contributed by atoms with Gasteiger partial charge in [0.25, 0.3) is 0 Å². The molecule has 0 amide bonds. The zero-order valence-corrected chi connectivity index (χ0v) is 7.33. The van der Waals surface area contributed by atoms with Crippen LogP contribution in [0.1, 0.15) is 25.7 Å². The monoisotopic (exact) mass is 155 g/mol. The van der Waals surface area contributed by atoms with E-state index in [4.69, 9.17) is 0 Å². The van der Waals surface area contributed by atoms with Crippen molar-refractivity contribution in [1.29, 1.82) is 0 Å². The summed E-state index contributed by atoms with van der Waals surface area (Å²) in [5.41, 5.74) is -0.184. The third-order valence-corrected chi connectivity index (χ3v) is 1.68. The van der Waals surface area contributed by atoms with Crippen molar-refractivity contribution in [2.45, 2.75) is 26.8 Å². The van der Waals surface area contributed by atoms with Gasteiger partial charge in [-0.3, -0.25) is 4.68 Å². The van der Waals surface area contributed by atoms with Crippen molar-refractivity contribution in [3.8, 4) is 0 Å². The fourth-order valence-electron chi connectivity index (χ4n) is 1.29. The Bertz CT molecular complexity index is 308. The summed E-state index contributed by atoms with van der Waals surface area (Å²) >= 11 is 0. The molecular weight excluding hydrogens is 142 g/mol. The fraction of sp³-hybridized carbons (Fsp3) is 0.714. The van der Waals surface area contributed by atoms with E-state index in [2.05, 4.69) is 4.98 Å². The second-order valence-corrected chi connectivity index (χ2v) is 2.90. The minimum Gasteiger partial charge on any atom is -0.266 e. The van der Waals surface area contributed by atoms with E-state index in [0.717, 1.165) is 5.82 Å². The molecule has 0 unspecified atom stereocenters. The maximum Gasteiger partial charge on any atom is 0.363 e. The van der Waals surface area contributed by atoms with Crippen molar-refractivity contribution >= 4 is 0 Å². The SMILES string of the molecule is Cc1nc(=O)n(C)n1C(C)C. The summed E-state index contributed by atoms with van der Waals surface area (Å²) < 4.78 is 3.39. The van der Waals surface area contributed by atoms with Crippen LogP contribution >= 0.6 is 0 Å². The molecule has 0 N–H and O–H groups in total. The molecule has 0 aliphatic heterocycles. The zero-order chi connectivity index (χ0) is 8.59. The molecule has 4 heteroatoms. The molecule has 1 heterocycles. The van der Waals surface area contributed by atoms with Crippen LogP contribution in [0.4, 0.5) is 0 Å². The van der Waals surface area contributed by atoms with E-state index in [-0.39, 0.29) is 11.7 Å². The highest BCUT2D eigenvalue weighted by Gasteiger charge is 2.07. The summed E-state index contributed by atoms with van der Waals surface area (Å²) in [5, 5.41) is 0. The Morgan fingerprint density at radius 3 is 2.18 bits per heavy atom. The van der Waals surface area contributed by atoms with Gasteiger partial charge in [0.05, 0.1) is 0 Å². The van der Waals surface area contributed by atoms with Crippen LogP contribution in [0.2, 0.25) is 0 Å². The highest BCUT2D eigenvalue weighted by atomic mass is 16.2. The highest BCUT2D eigenvalue weighted by Crippen LogP contribution is 2.03. The van der Waals surface area contributed by atoms with Gasteiger partial charge in [-0.2, -0.15) is 4.98 Å². The molecule has 0 aromatic carbocycles. The molecule has 11 heavy (non-hydrogen) atoms. The molecule has 0 spiro atoms. The largest absolute Gasteiger partial charge is 0.363 e. The summed E-state index contributed by atoms with van der Waals surface area (Å²) in [6.07, 6.45) is 0. The lowest BCUT2D eigenvalue weighted by molar-refractivity contribution is 0.433. The number of aromatic nitrogens is 3. The minimum absolute atomic E-state index is 0.184. The van der Waals surface area contributed by atoms with E-state index in [1.165, 1.54) is 4.68 Å². The van der Waals surface area contributed by atoms with Crippen LogP contribution in [-0.2, 0) is 7.05 Å². The van der Waals surface area contributed by atoms with Gasteiger partial charge < -0.3 is 0 Å².